The molecule has 0 amide bonds. The molecule has 18 heavy (non-hydrogen) atoms. The van der Waals surface area contributed by atoms with Gasteiger partial charge in [-0.2, -0.15) is 0 Å². The minimum Gasteiger partial charge on any atom is -0.230 e. The molecule has 0 atom stereocenters. The number of benzene rings is 2. The molecule has 0 heterocycles. The maximum absolute atomic E-state index is 11.3. The Morgan fingerprint density at radius 2 is 1.83 bits per heavy atom. The first-order chi connectivity index (χ1) is 8.70. The lowest BCUT2D eigenvalue weighted by molar-refractivity contribution is -0.736. The van der Waals surface area contributed by atoms with Gasteiger partial charge in [0.05, 0.1) is 4.91 Å². The number of rotatable bonds is 4. The molecule has 3 nitrogen and oxygen atoms in total. The largest absolute Gasteiger partial charge is 0.317 e. The predicted octanol–water partition coefficient (Wildman–Crippen LogP) is 4.12. The van der Waals surface area contributed by atoms with E-state index >= 15 is 0 Å². The summed E-state index contributed by atoms with van der Waals surface area (Å²) in [4.78, 5) is 18.8. The van der Waals surface area contributed by atoms with Gasteiger partial charge in [-0.25, -0.2) is 4.84 Å². The van der Waals surface area contributed by atoms with Gasteiger partial charge in [-0.1, -0.05) is 30.0 Å². The van der Waals surface area contributed by atoms with Crippen LogP contribution in [0.4, 0.5) is 5.69 Å². The highest BCUT2D eigenvalue weighted by atomic mass is 32.2. The Morgan fingerprint density at radius 3 is 2.44 bits per heavy atom. The van der Waals surface area contributed by atoms with Crippen LogP contribution in [0.1, 0.15) is 5.56 Å². The lowest BCUT2D eigenvalue weighted by Gasteiger charge is -2.04. The topological polar surface area (TPSA) is 29.3 Å². The lowest BCUT2D eigenvalue weighted by Crippen LogP contribution is -1.98. The molecule has 4 heteroatoms. The third kappa shape index (κ3) is 2.90. The Bertz CT molecular complexity index is 555. The second-order valence-electron chi connectivity index (χ2n) is 3.80. The standard InChI is InChI=1S/C14H14NO2S/c1-11-10-12(15(16)17-2)8-9-14(11)18-13-6-4-3-5-7-13/h3-10H,1-2H3/q+1. The second kappa shape index (κ2) is 5.69. The van der Waals surface area contributed by atoms with Gasteiger partial charge in [-0.05, 0) is 30.7 Å². The van der Waals surface area contributed by atoms with Crippen LogP contribution in [0.25, 0.3) is 0 Å². The van der Waals surface area contributed by atoms with Crippen LogP contribution in [-0.4, -0.2) is 12.0 Å². The third-order valence-electron chi connectivity index (χ3n) is 2.51. The van der Waals surface area contributed by atoms with Crippen molar-refractivity contribution in [2.75, 3.05) is 7.11 Å². The molecule has 0 aliphatic carbocycles. The van der Waals surface area contributed by atoms with E-state index in [9.17, 15) is 4.91 Å². The Balaban J connectivity index is 2.23. The molecular formula is C14H14NO2S+. The van der Waals surface area contributed by atoms with Gasteiger partial charge in [0, 0.05) is 21.9 Å². The summed E-state index contributed by atoms with van der Waals surface area (Å²) in [6, 6.07) is 15.7. The Morgan fingerprint density at radius 1 is 1.11 bits per heavy atom. The maximum Gasteiger partial charge on any atom is 0.317 e. The molecule has 0 aliphatic rings. The van der Waals surface area contributed by atoms with Crippen molar-refractivity contribution in [1.82, 2.24) is 0 Å². The summed E-state index contributed by atoms with van der Waals surface area (Å²) in [6.07, 6.45) is 0. The first-order valence-electron chi connectivity index (χ1n) is 5.55. The van der Waals surface area contributed by atoms with E-state index in [4.69, 9.17) is 0 Å². The zero-order chi connectivity index (χ0) is 13.0. The van der Waals surface area contributed by atoms with Crippen LogP contribution in [0.15, 0.2) is 58.3 Å². The Kier molecular flexibility index (Phi) is 3.99. The van der Waals surface area contributed by atoms with Crippen LogP contribution in [0.5, 0.6) is 0 Å². The summed E-state index contributed by atoms with van der Waals surface area (Å²) in [5.74, 6) is 0. The van der Waals surface area contributed by atoms with E-state index in [1.807, 2.05) is 37.3 Å². The first-order valence-corrected chi connectivity index (χ1v) is 6.37. The van der Waals surface area contributed by atoms with Crippen LogP contribution in [0.3, 0.4) is 0 Å². The molecule has 0 fully saturated rings. The van der Waals surface area contributed by atoms with Gasteiger partial charge in [-0.3, -0.25) is 0 Å². The fraction of sp³-hybridized carbons (Fsp3) is 0.143. The molecule has 0 aromatic heterocycles. The van der Waals surface area contributed by atoms with Crippen molar-refractivity contribution in [3.8, 4) is 0 Å². The summed E-state index contributed by atoms with van der Waals surface area (Å²) in [7, 11) is 1.36. The number of aryl methyl sites for hydroxylation is 1. The highest BCUT2D eigenvalue weighted by Gasteiger charge is 2.15. The molecule has 0 bridgehead atoms. The Labute approximate surface area is 110 Å². The molecule has 2 rings (SSSR count). The normalized spacial score (nSPS) is 10.1. The molecule has 2 aromatic carbocycles. The third-order valence-corrected chi connectivity index (χ3v) is 3.69. The minimum atomic E-state index is 0.504. The van der Waals surface area contributed by atoms with Gasteiger partial charge >= 0.3 is 5.69 Å². The van der Waals surface area contributed by atoms with Crippen molar-refractivity contribution in [3.63, 3.8) is 0 Å². The molecule has 0 saturated carbocycles. The van der Waals surface area contributed by atoms with Crippen LogP contribution >= 0.6 is 11.8 Å². The van der Waals surface area contributed by atoms with Crippen molar-refractivity contribution >= 4 is 17.4 Å². The van der Waals surface area contributed by atoms with Crippen LogP contribution in [0.2, 0.25) is 0 Å². The zero-order valence-electron chi connectivity index (χ0n) is 10.3. The van der Waals surface area contributed by atoms with Crippen LogP contribution in [-0.2, 0) is 4.84 Å². The summed E-state index contributed by atoms with van der Waals surface area (Å²) >= 11 is 1.68. The second-order valence-corrected chi connectivity index (χ2v) is 4.92. The lowest BCUT2D eigenvalue weighted by atomic mass is 10.2. The summed E-state index contributed by atoms with van der Waals surface area (Å²) in [5.41, 5.74) is 1.56. The minimum absolute atomic E-state index is 0.504. The maximum atomic E-state index is 11.3. The monoisotopic (exact) mass is 260 g/mol. The molecule has 0 aliphatic heterocycles. The predicted molar refractivity (Wildman–Crippen MR) is 72.0 cm³/mol. The molecule has 0 radical (unpaired) electrons. The molecule has 2 aromatic rings. The first kappa shape index (κ1) is 12.6. The molecule has 0 unspecified atom stereocenters. The Hall–Kier alpha value is -1.81. The van der Waals surface area contributed by atoms with Gasteiger partial charge in [0.25, 0.3) is 4.92 Å². The summed E-state index contributed by atoms with van der Waals surface area (Å²) < 4.78 is 0. The van der Waals surface area contributed by atoms with E-state index in [0.29, 0.717) is 10.6 Å². The SMILES string of the molecule is CO[N+](=O)c1ccc(Sc2ccccc2)c(C)c1. The molecule has 0 N–H and O–H groups in total. The van der Waals surface area contributed by atoms with Crippen molar-refractivity contribution in [2.45, 2.75) is 16.7 Å². The van der Waals surface area contributed by atoms with Gasteiger partial charge in [0.15, 0.2) is 7.11 Å². The average Bonchev–Trinajstić information content (AvgIpc) is 2.41. The van der Waals surface area contributed by atoms with Gasteiger partial charge in [0.2, 0.25) is 0 Å². The highest BCUT2D eigenvalue weighted by molar-refractivity contribution is 7.99. The van der Waals surface area contributed by atoms with Crippen molar-refractivity contribution in [2.24, 2.45) is 0 Å². The zero-order valence-corrected chi connectivity index (χ0v) is 11.1. The van der Waals surface area contributed by atoms with E-state index in [2.05, 4.69) is 17.0 Å². The average molecular weight is 260 g/mol. The van der Waals surface area contributed by atoms with E-state index in [-0.39, 0.29) is 0 Å². The smallest absolute Gasteiger partial charge is 0.230 e. The van der Waals surface area contributed by atoms with Crippen molar-refractivity contribution in [1.29, 1.82) is 0 Å². The van der Waals surface area contributed by atoms with E-state index < -0.39 is 0 Å². The fourth-order valence-corrected chi connectivity index (χ4v) is 2.49. The summed E-state index contributed by atoms with van der Waals surface area (Å²) in [5, 5.41) is 0. The molecule has 92 valence electrons. The molecule has 0 saturated heterocycles. The van der Waals surface area contributed by atoms with Crippen molar-refractivity contribution in [3.05, 3.63) is 59.0 Å². The highest BCUT2D eigenvalue weighted by Crippen LogP contribution is 2.31. The van der Waals surface area contributed by atoms with Crippen LogP contribution < -0.4 is 0 Å². The van der Waals surface area contributed by atoms with Gasteiger partial charge < -0.3 is 0 Å². The molecule has 0 spiro atoms. The van der Waals surface area contributed by atoms with Gasteiger partial charge in [0.1, 0.15) is 0 Å². The fourth-order valence-electron chi connectivity index (χ4n) is 1.58. The van der Waals surface area contributed by atoms with E-state index in [0.717, 1.165) is 10.5 Å². The quantitative estimate of drug-likeness (QED) is 0.774. The van der Waals surface area contributed by atoms with Crippen LogP contribution in [0, 0.1) is 11.8 Å². The molecular weight excluding hydrogens is 246 g/mol. The van der Waals surface area contributed by atoms with Gasteiger partial charge in [-0.15, -0.1) is 0 Å². The number of hydrogen-bond acceptors (Lipinski definition) is 3. The summed E-state index contributed by atoms with van der Waals surface area (Å²) in [6.45, 7) is 1.98. The number of nitrogens with zero attached hydrogens (tertiary/aromatic N) is 1. The number of hydrogen-bond donors (Lipinski definition) is 0. The van der Waals surface area contributed by atoms with E-state index in [1.165, 1.54) is 12.0 Å². The van der Waals surface area contributed by atoms with E-state index in [1.54, 1.807) is 17.8 Å². The van der Waals surface area contributed by atoms with Crippen molar-refractivity contribution < 1.29 is 9.76 Å².